The van der Waals surface area contributed by atoms with E-state index in [1.807, 2.05) is 6.92 Å². The number of methoxy groups -OCH3 is 1. The highest BCUT2D eigenvalue weighted by Crippen LogP contribution is 2.34. The second kappa shape index (κ2) is 5.50. The first-order chi connectivity index (χ1) is 9.04. The number of fused-ring (bicyclic) bond motifs is 1. The van der Waals surface area contributed by atoms with Crippen LogP contribution in [0.4, 0.5) is 0 Å². The molecule has 0 saturated carbocycles. The average Bonchev–Trinajstić information content (AvgIpc) is 2.68. The minimum Gasteiger partial charge on any atom is -0.477 e. The molecule has 0 aliphatic heterocycles. The van der Waals surface area contributed by atoms with Crippen molar-refractivity contribution in [2.75, 3.05) is 13.7 Å². The zero-order valence-electron chi connectivity index (χ0n) is 10.8. The minimum atomic E-state index is -0.962. The van der Waals surface area contributed by atoms with Gasteiger partial charge in [-0.3, -0.25) is 0 Å². The van der Waals surface area contributed by atoms with Crippen molar-refractivity contribution in [2.24, 2.45) is 0 Å². The van der Waals surface area contributed by atoms with E-state index >= 15 is 0 Å². The lowest BCUT2D eigenvalue weighted by Gasteiger charge is -2.13. The van der Waals surface area contributed by atoms with Gasteiger partial charge in [0.25, 0.3) is 0 Å². The van der Waals surface area contributed by atoms with Gasteiger partial charge in [0.1, 0.15) is 22.1 Å². The first kappa shape index (κ1) is 13.7. The topological polar surface area (TPSA) is 81.5 Å². The van der Waals surface area contributed by atoms with Gasteiger partial charge in [-0.05, 0) is 19.4 Å². The standard InChI is InChI=1S/C12H14N2O4S/c1-6(4-17-3)18-10-8-7(2)9(12(15)16)19-11(8)14-5-13-10/h5-6H,4H2,1-3H3,(H,15,16). The maximum absolute atomic E-state index is 11.1. The van der Waals surface area contributed by atoms with Crippen LogP contribution in [0.3, 0.4) is 0 Å². The van der Waals surface area contributed by atoms with Gasteiger partial charge in [0.2, 0.25) is 5.88 Å². The molecule has 1 N–H and O–H groups in total. The Kier molecular flexibility index (Phi) is 3.96. The van der Waals surface area contributed by atoms with Crippen molar-refractivity contribution in [3.8, 4) is 5.88 Å². The number of ether oxygens (including phenoxy) is 2. The number of aromatic nitrogens is 2. The summed E-state index contributed by atoms with van der Waals surface area (Å²) in [6, 6.07) is 0. The molecule has 0 radical (unpaired) electrons. The van der Waals surface area contributed by atoms with Crippen molar-refractivity contribution in [2.45, 2.75) is 20.0 Å². The Hall–Kier alpha value is -1.73. The molecule has 0 amide bonds. The molecular formula is C12H14N2O4S. The van der Waals surface area contributed by atoms with Crippen LogP contribution in [0.1, 0.15) is 22.2 Å². The number of carboxylic acids is 1. The van der Waals surface area contributed by atoms with E-state index in [0.717, 1.165) is 11.3 Å². The van der Waals surface area contributed by atoms with Gasteiger partial charge in [-0.25, -0.2) is 14.8 Å². The number of carbonyl (C=O) groups is 1. The van der Waals surface area contributed by atoms with E-state index in [1.54, 1.807) is 14.0 Å². The number of hydrogen-bond donors (Lipinski definition) is 1. The van der Waals surface area contributed by atoms with Crippen LogP contribution in [0.25, 0.3) is 10.2 Å². The zero-order valence-corrected chi connectivity index (χ0v) is 11.7. The number of nitrogens with zero attached hydrogens (tertiary/aromatic N) is 2. The molecule has 2 heterocycles. The summed E-state index contributed by atoms with van der Waals surface area (Å²) in [4.78, 5) is 20.2. The molecule has 1 unspecified atom stereocenters. The molecule has 0 bridgehead atoms. The maximum atomic E-state index is 11.1. The lowest BCUT2D eigenvalue weighted by atomic mass is 10.2. The van der Waals surface area contributed by atoms with Crippen molar-refractivity contribution in [3.63, 3.8) is 0 Å². The number of thiophene rings is 1. The van der Waals surface area contributed by atoms with E-state index in [9.17, 15) is 4.79 Å². The molecule has 6 nitrogen and oxygen atoms in total. The fourth-order valence-electron chi connectivity index (χ4n) is 1.79. The number of aromatic carboxylic acids is 1. The molecule has 0 aliphatic rings. The van der Waals surface area contributed by atoms with Crippen molar-refractivity contribution < 1.29 is 19.4 Å². The van der Waals surface area contributed by atoms with Crippen LogP contribution in [0.2, 0.25) is 0 Å². The third kappa shape index (κ3) is 2.66. The molecule has 102 valence electrons. The second-order valence-electron chi connectivity index (χ2n) is 4.10. The van der Waals surface area contributed by atoms with Crippen LogP contribution in [-0.4, -0.2) is 40.9 Å². The van der Waals surface area contributed by atoms with E-state index in [1.165, 1.54) is 6.33 Å². The summed E-state index contributed by atoms with van der Waals surface area (Å²) in [5.41, 5.74) is 0.632. The van der Waals surface area contributed by atoms with Crippen LogP contribution in [0.5, 0.6) is 5.88 Å². The monoisotopic (exact) mass is 282 g/mol. The number of carboxylic acid groups (broad SMARTS) is 1. The van der Waals surface area contributed by atoms with E-state index in [4.69, 9.17) is 14.6 Å². The molecule has 2 rings (SSSR count). The molecule has 2 aromatic rings. The minimum absolute atomic E-state index is 0.171. The predicted octanol–water partition coefficient (Wildman–Crippen LogP) is 2.11. The van der Waals surface area contributed by atoms with Crippen molar-refractivity contribution in [3.05, 3.63) is 16.8 Å². The Bertz CT molecular complexity index is 611. The molecule has 2 aromatic heterocycles. The lowest BCUT2D eigenvalue weighted by Crippen LogP contribution is -2.18. The maximum Gasteiger partial charge on any atom is 0.346 e. The Morgan fingerprint density at radius 2 is 2.26 bits per heavy atom. The fraction of sp³-hybridized carbons (Fsp3) is 0.417. The van der Waals surface area contributed by atoms with Crippen molar-refractivity contribution in [1.29, 1.82) is 0 Å². The summed E-state index contributed by atoms with van der Waals surface area (Å²) in [6.07, 6.45) is 1.20. The summed E-state index contributed by atoms with van der Waals surface area (Å²) in [7, 11) is 1.59. The van der Waals surface area contributed by atoms with Gasteiger partial charge in [0.05, 0.1) is 12.0 Å². The molecule has 0 aromatic carbocycles. The molecular weight excluding hydrogens is 268 g/mol. The Morgan fingerprint density at radius 3 is 2.89 bits per heavy atom. The summed E-state index contributed by atoms with van der Waals surface area (Å²) in [5, 5.41) is 9.79. The van der Waals surface area contributed by atoms with Crippen LogP contribution >= 0.6 is 11.3 Å². The number of hydrogen-bond acceptors (Lipinski definition) is 6. The van der Waals surface area contributed by atoms with Crippen LogP contribution < -0.4 is 4.74 Å². The third-order valence-electron chi connectivity index (χ3n) is 2.60. The Balaban J connectivity index is 2.47. The summed E-state index contributed by atoms with van der Waals surface area (Å²) in [6.45, 7) is 4.03. The predicted molar refractivity (Wildman–Crippen MR) is 71.1 cm³/mol. The molecule has 0 aliphatic carbocycles. The molecule has 1 atom stereocenters. The highest BCUT2D eigenvalue weighted by atomic mass is 32.1. The Morgan fingerprint density at radius 1 is 1.53 bits per heavy atom. The largest absolute Gasteiger partial charge is 0.477 e. The number of aryl methyl sites for hydroxylation is 1. The summed E-state index contributed by atoms with van der Waals surface area (Å²) in [5.74, 6) is -0.563. The van der Waals surface area contributed by atoms with Gasteiger partial charge in [-0.2, -0.15) is 0 Å². The van der Waals surface area contributed by atoms with Crippen LogP contribution in [0.15, 0.2) is 6.33 Å². The highest BCUT2D eigenvalue weighted by Gasteiger charge is 2.20. The van der Waals surface area contributed by atoms with Gasteiger partial charge >= 0.3 is 5.97 Å². The molecule has 0 fully saturated rings. The third-order valence-corrected chi connectivity index (χ3v) is 3.79. The zero-order chi connectivity index (χ0) is 14.0. The molecule has 0 spiro atoms. The average molecular weight is 282 g/mol. The SMILES string of the molecule is COCC(C)Oc1ncnc2sc(C(=O)O)c(C)c12. The van der Waals surface area contributed by atoms with Crippen LogP contribution in [-0.2, 0) is 4.74 Å². The Labute approximate surface area is 114 Å². The van der Waals surface area contributed by atoms with E-state index in [2.05, 4.69) is 9.97 Å². The van der Waals surface area contributed by atoms with Gasteiger partial charge in [0.15, 0.2) is 0 Å². The first-order valence-corrected chi connectivity index (χ1v) is 6.49. The smallest absolute Gasteiger partial charge is 0.346 e. The lowest BCUT2D eigenvalue weighted by molar-refractivity contribution is 0.0701. The quantitative estimate of drug-likeness (QED) is 0.904. The number of rotatable bonds is 5. The van der Waals surface area contributed by atoms with E-state index < -0.39 is 5.97 Å². The van der Waals surface area contributed by atoms with Gasteiger partial charge < -0.3 is 14.6 Å². The molecule has 7 heteroatoms. The van der Waals surface area contributed by atoms with Crippen molar-refractivity contribution >= 4 is 27.5 Å². The molecule has 19 heavy (non-hydrogen) atoms. The highest BCUT2D eigenvalue weighted by molar-refractivity contribution is 7.20. The van der Waals surface area contributed by atoms with Crippen LogP contribution in [0, 0.1) is 6.92 Å². The van der Waals surface area contributed by atoms with Crippen molar-refractivity contribution in [1.82, 2.24) is 9.97 Å². The van der Waals surface area contributed by atoms with E-state index in [-0.39, 0.29) is 11.0 Å². The second-order valence-corrected chi connectivity index (χ2v) is 5.10. The van der Waals surface area contributed by atoms with Gasteiger partial charge in [-0.1, -0.05) is 0 Å². The normalized spacial score (nSPS) is 12.6. The molecule has 0 saturated heterocycles. The fourth-order valence-corrected chi connectivity index (χ4v) is 2.77. The first-order valence-electron chi connectivity index (χ1n) is 5.67. The summed E-state index contributed by atoms with van der Waals surface area (Å²) < 4.78 is 10.7. The van der Waals surface area contributed by atoms with Gasteiger partial charge in [0, 0.05) is 7.11 Å². The van der Waals surface area contributed by atoms with Gasteiger partial charge in [-0.15, -0.1) is 11.3 Å². The summed E-state index contributed by atoms with van der Waals surface area (Å²) >= 11 is 1.12. The van der Waals surface area contributed by atoms with E-state index in [0.29, 0.717) is 28.3 Å².